The quantitative estimate of drug-likeness (QED) is 0.759. The van der Waals surface area contributed by atoms with Gasteiger partial charge < -0.3 is 9.80 Å². The molecule has 1 heterocycles. The fourth-order valence-electron chi connectivity index (χ4n) is 3.30. The van der Waals surface area contributed by atoms with Crippen LogP contribution in [-0.2, 0) is 16.0 Å². The number of likely N-dealkylation sites (N-methyl/N-ethyl adjacent to an activating group) is 1. The molecule has 1 fully saturated rings. The van der Waals surface area contributed by atoms with Crippen molar-refractivity contribution in [1.82, 2.24) is 14.7 Å². The lowest BCUT2D eigenvalue weighted by Gasteiger charge is -2.35. The molecular weight excluding hydrogens is 314 g/mol. The van der Waals surface area contributed by atoms with Crippen molar-refractivity contribution in [3.8, 4) is 0 Å². The number of carbonyl (C=O) groups is 2. The van der Waals surface area contributed by atoms with E-state index < -0.39 is 0 Å². The smallest absolute Gasteiger partial charge is 0.236 e. The summed E-state index contributed by atoms with van der Waals surface area (Å²) >= 11 is 0. The molecule has 25 heavy (non-hydrogen) atoms. The highest BCUT2D eigenvalue weighted by atomic mass is 16.2. The van der Waals surface area contributed by atoms with Crippen molar-refractivity contribution in [1.29, 1.82) is 0 Å². The number of amides is 2. The number of hydrogen-bond acceptors (Lipinski definition) is 3. The lowest BCUT2D eigenvalue weighted by molar-refractivity contribution is -0.135. The third kappa shape index (κ3) is 5.85. The van der Waals surface area contributed by atoms with Gasteiger partial charge in [-0.2, -0.15) is 0 Å². The summed E-state index contributed by atoms with van der Waals surface area (Å²) in [6, 6.07) is 8.34. The Morgan fingerprint density at radius 3 is 2.36 bits per heavy atom. The minimum absolute atomic E-state index is 0.184. The average Bonchev–Trinajstić information content (AvgIpc) is 2.61. The summed E-state index contributed by atoms with van der Waals surface area (Å²) in [5.41, 5.74) is 2.45. The highest BCUT2D eigenvalue weighted by Crippen LogP contribution is 2.10. The van der Waals surface area contributed by atoms with Crippen LogP contribution in [0.2, 0.25) is 0 Å². The SMILES string of the molecule is CCN(CC)C(=O)CN1CCN(C(=O)CCc2cccc(C)c2)CC1. The van der Waals surface area contributed by atoms with Gasteiger partial charge in [-0.25, -0.2) is 0 Å². The van der Waals surface area contributed by atoms with Crippen molar-refractivity contribution in [2.24, 2.45) is 0 Å². The van der Waals surface area contributed by atoms with E-state index in [1.165, 1.54) is 11.1 Å². The van der Waals surface area contributed by atoms with Crippen LogP contribution in [0.4, 0.5) is 0 Å². The first-order valence-corrected chi connectivity index (χ1v) is 9.37. The standard InChI is InChI=1S/C20H31N3O2/c1-4-22(5-2)20(25)16-21-11-13-23(14-12-21)19(24)10-9-18-8-6-7-17(3)15-18/h6-8,15H,4-5,9-14,16H2,1-3H3. The van der Waals surface area contributed by atoms with Crippen LogP contribution in [-0.4, -0.2) is 72.3 Å². The maximum atomic E-state index is 12.4. The predicted molar refractivity (Wildman–Crippen MR) is 100 cm³/mol. The number of aryl methyl sites for hydroxylation is 2. The topological polar surface area (TPSA) is 43.9 Å². The van der Waals surface area contributed by atoms with E-state index in [4.69, 9.17) is 0 Å². The molecule has 0 radical (unpaired) electrons. The molecule has 1 aliphatic heterocycles. The van der Waals surface area contributed by atoms with Crippen LogP contribution in [0, 0.1) is 6.92 Å². The third-order valence-electron chi connectivity index (χ3n) is 4.91. The first kappa shape index (κ1) is 19.4. The molecule has 0 aromatic heterocycles. The van der Waals surface area contributed by atoms with E-state index >= 15 is 0 Å². The highest BCUT2D eigenvalue weighted by Gasteiger charge is 2.23. The van der Waals surface area contributed by atoms with Crippen molar-refractivity contribution in [3.63, 3.8) is 0 Å². The number of hydrogen-bond donors (Lipinski definition) is 0. The Morgan fingerprint density at radius 1 is 1.08 bits per heavy atom. The summed E-state index contributed by atoms with van der Waals surface area (Å²) < 4.78 is 0. The molecule has 1 saturated heterocycles. The molecule has 138 valence electrons. The summed E-state index contributed by atoms with van der Waals surface area (Å²) in [4.78, 5) is 30.6. The van der Waals surface area contributed by atoms with Crippen LogP contribution >= 0.6 is 0 Å². The van der Waals surface area contributed by atoms with Gasteiger partial charge in [-0.05, 0) is 32.8 Å². The minimum Gasteiger partial charge on any atom is -0.342 e. The van der Waals surface area contributed by atoms with Gasteiger partial charge >= 0.3 is 0 Å². The number of rotatable bonds is 7. The molecule has 1 aromatic rings. The van der Waals surface area contributed by atoms with Gasteiger partial charge in [-0.1, -0.05) is 29.8 Å². The van der Waals surface area contributed by atoms with E-state index in [2.05, 4.69) is 30.0 Å². The Labute approximate surface area is 151 Å². The fourth-order valence-corrected chi connectivity index (χ4v) is 3.30. The first-order valence-electron chi connectivity index (χ1n) is 9.37. The molecule has 1 aromatic carbocycles. The van der Waals surface area contributed by atoms with Crippen LogP contribution in [0.5, 0.6) is 0 Å². The zero-order valence-corrected chi connectivity index (χ0v) is 15.8. The normalized spacial score (nSPS) is 15.2. The van der Waals surface area contributed by atoms with Gasteiger partial charge in [0.15, 0.2) is 0 Å². The highest BCUT2D eigenvalue weighted by molar-refractivity contribution is 5.78. The Morgan fingerprint density at radius 2 is 1.76 bits per heavy atom. The lowest BCUT2D eigenvalue weighted by atomic mass is 10.1. The van der Waals surface area contributed by atoms with Crippen LogP contribution in [0.3, 0.4) is 0 Å². The number of carbonyl (C=O) groups excluding carboxylic acids is 2. The largest absolute Gasteiger partial charge is 0.342 e. The molecule has 2 amide bonds. The number of nitrogens with zero attached hydrogens (tertiary/aromatic N) is 3. The van der Waals surface area contributed by atoms with Crippen LogP contribution in [0.15, 0.2) is 24.3 Å². The molecule has 0 N–H and O–H groups in total. The Bertz CT molecular complexity index is 576. The monoisotopic (exact) mass is 345 g/mol. The van der Waals surface area contributed by atoms with Crippen molar-refractivity contribution < 1.29 is 9.59 Å². The molecule has 5 nitrogen and oxygen atoms in total. The second-order valence-electron chi connectivity index (χ2n) is 6.71. The molecule has 0 saturated carbocycles. The van der Waals surface area contributed by atoms with Gasteiger partial charge in [0.25, 0.3) is 0 Å². The molecule has 0 unspecified atom stereocenters. The molecule has 0 spiro atoms. The summed E-state index contributed by atoms with van der Waals surface area (Å²) in [7, 11) is 0. The summed E-state index contributed by atoms with van der Waals surface area (Å²) in [6.45, 7) is 11.1. The Kier molecular flexibility index (Phi) is 7.44. The second-order valence-corrected chi connectivity index (χ2v) is 6.71. The van der Waals surface area contributed by atoms with E-state index in [1.807, 2.05) is 29.7 Å². The van der Waals surface area contributed by atoms with E-state index in [-0.39, 0.29) is 11.8 Å². The Balaban J connectivity index is 1.74. The maximum Gasteiger partial charge on any atom is 0.236 e. The van der Waals surface area contributed by atoms with E-state index in [9.17, 15) is 9.59 Å². The molecule has 0 atom stereocenters. The van der Waals surface area contributed by atoms with E-state index in [1.54, 1.807) is 0 Å². The molecule has 1 aliphatic rings. The Hall–Kier alpha value is -1.88. The molecule has 5 heteroatoms. The van der Waals surface area contributed by atoms with Crippen LogP contribution in [0.1, 0.15) is 31.4 Å². The molecule has 2 rings (SSSR count). The second kappa shape index (κ2) is 9.56. The van der Waals surface area contributed by atoms with Gasteiger partial charge in [-0.3, -0.25) is 14.5 Å². The maximum absolute atomic E-state index is 12.4. The average molecular weight is 345 g/mol. The third-order valence-corrected chi connectivity index (χ3v) is 4.91. The first-order chi connectivity index (χ1) is 12.0. The summed E-state index contributed by atoms with van der Waals surface area (Å²) in [6.07, 6.45) is 1.35. The van der Waals surface area contributed by atoms with Gasteiger partial charge in [-0.15, -0.1) is 0 Å². The van der Waals surface area contributed by atoms with Crippen molar-refractivity contribution >= 4 is 11.8 Å². The zero-order valence-electron chi connectivity index (χ0n) is 15.8. The number of piperazine rings is 1. The molecule has 0 bridgehead atoms. The summed E-state index contributed by atoms with van der Waals surface area (Å²) in [5, 5.41) is 0. The molecule has 0 aliphatic carbocycles. The minimum atomic E-state index is 0.184. The molecular formula is C20H31N3O2. The number of benzene rings is 1. The van der Waals surface area contributed by atoms with E-state index in [0.717, 1.165) is 45.7 Å². The van der Waals surface area contributed by atoms with Crippen molar-refractivity contribution in [3.05, 3.63) is 35.4 Å². The van der Waals surface area contributed by atoms with E-state index in [0.29, 0.717) is 13.0 Å². The van der Waals surface area contributed by atoms with Gasteiger partial charge in [0.05, 0.1) is 6.54 Å². The zero-order chi connectivity index (χ0) is 18.2. The van der Waals surface area contributed by atoms with Crippen molar-refractivity contribution in [2.45, 2.75) is 33.6 Å². The van der Waals surface area contributed by atoms with Crippen LogP contribution in [0.25, 0.3) is 0 Å². The predicted octanol–water partition coefficient (Wildman–Crippen LogP) is 1.94. The van der Waals surface area contributed by atoms with Crippen LogP contribution < -0.4 is 0 Å². The van der Waals surface area contributed by atoms with Crippen molar-refractivity contribution in [2.75, 3.05) is 45.8 Å². The van der Waals surface area contributed by atoms with Gasteiger partial charge in [0.1, 0.15) is 0 Å². The van der Waals surface area contributed by atoms with Gasteiger partial charge in [0, 0.05) is 45.7 Å². The lowest BCUT2D eigenvalue weighted by Crippen LogP contribution is -2.51. The fraction of sp³-hybridized carbons (Fsp3) is 0.600. The van der Waals surface area contributed by atoms with Gasteiger partial charge in [0.2, 0.25) is 11.8 Å². The summed E-state index contributed by atoms with van der Waals surface area (Å²) in [5.74, 6) is 0.403.